The number of hydrogen-bond donors (Lipinski definition) is 2. The highest BCUT2D eigenvalue weighted by atomic mass is 15.3. The van der Waals surface area contributed by atoms with Gasteiger partial charge in [-0.05, 0) is 57.4 Å². The third-order valence-electron chi connectivity index (χ3n) is 7.55. The monoisotopic (exact) mass is 355 g/mol. The molecule has 2 aliphatic carbocycles. The predicted octanol–water partition coefficient (Wildman–Crippen LogP) is 3.18. The Morgan fingerprint density at radius 2 is 1.77 bits per heavy atom. The Bertz CT molecular complexity index is 653. The molecule has 142 valence electrons. The van der Waals surface area contributed by atoms with Crippen molar-refractivity contribution in [3.8, 4) is 0 Å². The molecule has 0 amide bonds. The van der Waals surface area contributed by atoms with Crippen LogP contribution in [0.3, 0.4) is 0 Å². The topological polar surface area (TPSA) is 67.1 Å². The van der Waals surface area contributed by atoms with Gasteiger partial charge in [0.2, 0.25) is 5.95 Å². The van der Waals surface area contributed by atoms with Crippen LogP contribution in [0.4, 0.5) is 11.8 Å². The van der Waals surface area contributed by atoms with E-state index in [9.17, 15) is 0 Å². The third-order valence-corrected chi connectivity index (χ3v) is 7.55. The molecule has 5 heteroatoms. The van der Waals surface area contributed by atoms with Crippen LogP contribution >= 0.6 is 0 Å². The van der Waals surface area contributed by atoms with Gasteiger partial charge in [0, 0.05) is 30.1 Å². The van der Waals surface area contributed by atoms with Gasteiger partial charge in [-0.25, -0.2) is 4.98 Å². The van der Waals surface area contributed by atoms with Crippen LogP contribution in [0.5, 0.6) is 0 Å². The second kappa shape index (κ2) is 6.66. The molecule has 1 aromatic rings. The Kier molecular flexibility index (Phi) is 4.30. The number of fused-ring (bicyclic) bond motifs is 3. The molecule has 3 fully saturated rings. The largest absolute Gasteiger partial charge is 0.368 e. The Hall–Kier alpha value is -1.36. The molecular weight excluding hydrogens is 322 g/mol. The first-order chi connectivity index (χ1) is 12.8. The molecule has 5 rings (SSSR count). The molecule has 1 aromatic heterocycles. The van der Waals surface area contributed by atoms with Gasteiger partial charge in [0.25, 0.3) is 0 Å². The van der Waals surface area contributed by atoms with Crippen LogP contribution in [0.1, 0.15) is 75.5 Å². The normalized spacial score (nSPS) is 30.7. The van der Waals surface area contributed by atoms with Crippen molar-refractivity contribution >= 4 is 11.8 Å². The van der Waals surface area contributed by atoms with Crippen molar-refractivity contribution in [2.75, 3.05) is 30.3 Å². The van der Waals surface area contributed by atoms with E-state index in [1.807, 2.05) is 0 Å². The van der Waals surface area contributed by atoms with Crippen molar-refractivity contribution in [3.63, 3.8) is 0 Å². The number of nitrogens with one attached hydrogen (secondary N) is 1. The summed E-state index contributed by atoms with van der Waals surface area (Å²) in [5, 5.41) is 3.73. The Morgan fingerprint density at radius 1 is 0.962 bits per heavy atom. The Morgan fingerprint density at radius 3 is 2.58 bits per heavy atom. The summed E-state index contributed by atoms with van der Waals surface area (Å²) < 4.78 is 0. The first-order valence-electron chi connectivity index (χ1n) is 10.9. The highest BCUT2D eigenvalue weighted by Gasteiger charge is 2.41. The lowest BCUT2D eigenvalue weighted by Crippen LogP contribution is -2.40. The molecule has 26 heavy (non-hydrogen) atoms. The fourth-order valence-electron chi connectivity index (χ4n) is 6.24. The summed E-state index contributed by atoms with van der Waals surface area (Å²) in [6, 6.07) is 0.630. The van der Waals surface area contributed by atoms with E-state index in [2.05, 4.69) is 10.2 Å². The SMILES string of the molecule is Nc1nc(N2C[C@H]3CCCN[C@H]3C2)c2c(n1)C1(CCCCC1)CCCC2. The van der Waals surface area contributed by atoms with Crippen LogP contribution in [0.2, 0.25) is 0 Å². The molecule has 3 heterocycles. The number of hydrogen-bond acceptors (Lipinski definition) is 5. The maximum Gasteiger partial charge on any atom is 0.222 e. The van der Waals surface area contributed by atoms with Gasteiger partial charge in [-0.2, -0.15) is 4.98 Å². The molecule has 2 saturated heterocycles. The van der Waals surface area contributed by atoms with Gasteiger partial charge in [-0.1, -0.05) is 25.7 Å². The molecule has 0 unspecified atom stereocenters. The van der Waals surface area contributed by atoms with Gasteiger partial charge in [-0.15, -0.1) is 0 Å². The van der Waals surface area contributed by atoms with Gasteiger partial charge in [0.1, 0.15) is 5.82 Å². The quantitative estimate of drug-likeness (QED) is 0.810. The van der Waals surface area contributed by atoms with E-state index in [1.54, 1.807) is 0 Å². The highest BCUT2D eigenvalue weighted by molar-refractivity contribution is 5.55. The van der Waals surface area contributed by atoms with Gasteiger partial charge in [0.15, 0.2) is 0 Å². The lowest BCUT2D eigenvalue weighted by Gasteiger charge is -2.38. The molecule has 4 aliphatic rings. The summed E-state index contributed by atoms with van der Waals surface area (Å²) in [5.41, 5.74) is 9.33. The lowest BCUT2D eigenvalue weighted by atomic mass is 9.68. The average Bonchev–Trinajstić information content (AvgIpc) is 3.03. The predicted molar refractivity (Wildman–Crippen MR) is 105 cm³/mol. The van der Waals surface area contributed by atoms with Crippen LogP contribution in [0.15, 0.2) is 0 Å². The van der Waals surface area contributed by atoms with E-state index in [4.69, 9.17) is 15.7 Å². The van der Waals surface area contributed by atoms with Gasteiger partial charge in [-0.3, -0.25) is 0 Å². The molecule has 5 nitrogen and oxygen atoms in total. The number of nitrogens with zero attached hydrogens (tertiary/aromatic N) is 3. The number of piperidine rings is 1. The van der Waals surface area contributed by atoms with Gasteiger partial charge < -0.3 is 16.0 Å². The maximum atomic E-state index is 6.27. The number of rotatable bonds is 1. The second-order valence-electron chi connectivity index (χ2n) is 9.15. The van der Waals surface area contributed by atoms with Crippen molar-refractivity contribution in [3.05, 3.63) is 11.3 Å². The second-order valence-corrected chi connectivity index (χ2v) is 9.15. The van der Waals surface area contributed by atoms with Crippen molar-refractivity contribution < 1.29 is 0 Å². The van der Waals surface area contributed by atoms with Crippen LogP contribution < -0.4 is 16.0 Å². The number of anilines is 2. The van der Waals surface area contributed by atoms with Crippen molar-refractivity contribution in [1.29, 1.82) is 0 Å². The molecule has 0 aromatic carbocycles. The molecule has 0 bridgehead atoms. The number of aromatic nitrogens is 2. The Balaban J connectivity index is 1.55. The molecule has 2 aliphatic heterocycles. The molecule has 1 spiro atoms. The molecule has 3 N–H and O–H groups in total. The summed E-state index contributed by atoms with van der Waals surface area (Å²) in [7, 11) is 0. The number of nitrogens with two attached hydrogens (primary N) is 1. The van der Waals surface area contributed by atoms with E-state index in [1.165, 1.54) is 87.8 Å². The lowest BCUT2D eigenvalue weighted by molar-refractivity contribution is 0.265. The first-order valence-corrected chi connectivity index (χ1v) is 10.9. The van der Waals surface area contributed by atoms with E-state index in [0.717, 1.165) is 25.4 Å². The summed E-state index contributed by atoms with van der Waals surface area (Å²) >= 11 is 0. The minimum atomic E-state index is 0.278. The van der Waals surface area contributed by atoms with Crippen molar-refractivity contribution in [1.82, 2.24) is 15.3 Å². The van der Waals surface area contributed by atoms with Gasteiger partial charge >= 0.3 is 0 Å². The zero-order valence-corrected chi connectivity index (χ0v) is 16.0. The Labute approximate surface area is 157 Å². The minimum Gasteiger partial charge on any atom is -0.368 e. The summed E-state index contributed by atoms with van der Waals surface area (Å²) in [6.07, 6.45) is 14.3. The van der Waals surface area contributed by atoms with Crippen LogP contribution in [0.25, 0.3) is 0 Å². The zero-order valence-electron chi connectivity index (χ0n) is 16.0. The number of nitrogen functional groups attached to an aromatic ring is 1. The van der Waals surface area contributed by atoms with E-state index < -0.39 is 0 Å². The van der Waals surface area contributed by atoms with E-state index >= 15 is 0 Å². The zero-order chi connectivity index (χ0) is 17.6. The smallest absolute Gasteiger partial charge is 0.222 e. The molecule has 0 radical (unpaired) electrons. The van der Waals surface area contributed by atoms with Crippen molar-refractivity contribution in [2.45, 2.75) is 82.1 Å². The maximum absolute atomic E-state index is 6.27. The van der Waals surface area contributed by atoms with E-state index in [-0.39, 0.29) is 5.41 Å². The molecule has 1 saturated carbocycles. The van der Waals surface area contributed by atoms with E-state index in [0.29, 0.717) is 12.0 Å². The summed E-state index contributed by atoms with van der Waals surface area (Å²) in [5.74, 6) is 2.44. The fraction of sp³-hybridized carbons (Fsp3) is 0.810. The standard InChI is InChI=1S/C21H33N5/c22-20-24-18-16(8-2-5-11-21(18)9-3-1-4-10-21)19(25-20)26-13-15-7-6-12-23-17(15)14-26/h15,17,23H,1-14H2,(H2,22,24,25)/t15-,17+/m1/s1. The molecule has 2 atom stereocenters. The summed E-state index contributed by atoms with van der Waals surface area (Å²) in [6.45, 7) is 3.39. The van der Waals surface area contributed by atoms with Crippen molar-refractivity contribution in [2.24, 2.45) is 5.92 Å². The fourth-order valence-corrected chi connectivity index (χ4v) is 6.24. The third kappa shape index (κ3) is 2.79. The van der Waals surface area contributed by atoms with Crippen LogP contribution in [0, 0.1) is 5.92 Å². The molecular formula is C21H33N5. The highest BCUT2D eigenvalue weighted by Crippen LogP contribution is 2.47. The average molecular weight is 356 g/mol. The van der Waals surface area contributed by atoms with Crippen LogP contribution in [-0.2, 0) is 11.8 Å². The van der Waals surface area contributed by atoms with Crippen LogP contribution in [-0.4, -0.2) is 35.6 Å². The summed E-state index contributed by atoms with van der Waals surface area (Å²) in [4.78, 5) is 12.2. The first kappa shape index (κ1) is 16.8. The minimum absolute atomic E-state index is 0.278. The van der Waals surface area contributed by atoms with Gasteiger partial charge in [0.05, 0.1) is 5.69 Å².